The van der Waals surface area contributed by atoms with Gasteiger partial charge in [-0.05, 0) is 42.2 Å². The molecule has 1 heterocycles. The summed E-state index contributed by atoms with van der Waals surface area (Å²) in [6.45, 7) is 11.5. The van der Waals surface area contributed by atoms with Gasteiger partial charge in [-0.2, -0.15) is 0 Å². The molecule has 0 unspecified atom stereocenters. The molecule has 5 atom stereocenters. The molecule has 0 N–H and O–H groups in total. The van der Waals surface area contributed by atoms with E-state index in [1.165, 1.54) is 0 Å². The smallest absolute Gasteiger partial charge is 0.340 e. The van der Waals surface area contributed by atoms with Gasteiger partial charge in [0.05, 0.1) is 23.7 Å². The molecule has 0 radical (unpaired) electrons. The summed E-state index contributed by atoms with van der Waals surface area (Å²) in [7, 11) is -2.10. The van der Waals surface area contributed by atoms with Gasteiger partial charge in [0.2, 0.25) is 0 Å². The number of benzene rings is 2. The van der Waals surface area contributed by atoms with Crippen molar-refractivity contribution in [2.24, 2.45) is 11.3 Å². The highest BCUT2D eigenvalue weighted by Crippen LogP contribution is 2.70. The highest BCUT2D eigenvalue weighted by Gasteiger charge is 2.84. The topological polar surface area (TPSA) is 71.1 Å². The minimum Gasteiger partial charge on any atom is -0.461 e. The second-order valence-electron chi connectivity index (χ2n) is 12.0. The van der Waals surface area contributed by atoms with Crippen molar-refractivity contribution in [3.05, 3.63) is 71.8 Å². The van der Waals surface area contributed by atoms with Crippen LogP contribution >= 0.6 is 0 Å². The van der Waals surface area contributed by atoms with Crippen molar-refractivity contribution in [3.63, 3.8) is 0 Å². The summed E-state index contributed by atoms with van der Waals surface area (Å²) in [6.07, 6.45) is 0.718. The first-order chi connectivity index (χ1) is 17.0. The summed E-state index contributed by atoms with van der Waals surface area (Å²) in [4.78, 5) is 26.3. The molecular formula is C29H36O6Si. The third kappa shape index (κ3) is 3.83. The molecule has 3 saturated carbocycles. The number of esters is 2. The SMILES string of the molecule is CC(C)(C)[Si](C)(C)O[C@@H]1C[C@H]2OC(=O)[C@@]3(OCc4ccccc4)[C@@H]1C[C@@]23COC(=O)c1ccccc1. The van der Waals surface area contributed by atoms with Crippen LogP contribution in [-0.2, 0) is 30.0 Å². The zero-order chi connectivity index (χ0) is 25.8. The molecule has 4 aliphatic rings. The van der Waals surface area contributed by atoms with Crippen molar-refractivity contribution in [2.75, 3.05) is 6.61 Å². The van der Waals surface area contributed by atoms with Crippen molar-refractivity contribution in [1.82, 2.24) is 0 Å². The Morgan fingerprint density at radius 3 is 2.33 bits per heavy atom. The Balaban J connectivity index is 1.43. The molecule has 2 aromatic carbocycles. The molecule has 0 aromatic heterocycles. The first-order valence-electron chi connectivity index (χ1n) is 12.8. The third-order valence-corrected chi connectivity index (χ3v) is 13.4. The summed E-state index contributed by atoms with van der Waals surface area (Å²) in [6, 6.07) is 18.7. The van der Waals surface area contributed by atoms with Crippen LogP contribution in [0.2, 0.25) is 18.1 Å². The maximum absolute atomic E-state index is 13.5. The van der Waals surface area contributed by atoms with Crippen molar-refractivity contribution >= 4 is 20.3 Å². The van der Waals surface area contributed by atoms with E-state index in [-0.39, 0.29) is 36.2 Å². The van der Waals surface area contributed by atoms with E-state index in [0.717, 1.165) is 5.56 Å². The summed E-state index contributed by atoms with van der Waals surface area (Å²) < 4.78 is 25.2. The fourth-order valence-electron chi connectivity index (χ4n) is 5.90. The molecule has 1 saturated heterocycles. The Hall–Kier alpha value is -2.48. The number of hydrogen-bond acceptors (Lipinski definition) is 6. The molecule has 36 heavy (non-hydrogen) atoms. The lowest BCUT2D eigenvalue weighted by Crippen LogP contribution is -2.76. The van der Waals surface area contributed by atoms with Gasteiger partial charge in [0, 0.05) is 12.3 Å². The van der Waals surface area contributed by atoms with Crippen LogP contribution in [-0.4, -0.2) is 44.7 Å². The van der Waals surface area contributed by atoms with Crippen LogP contribution < -0.4 is 0 Å². The predicted octanol–water partition coefficient (Wildman–Crippen LogP) is 5.52. The van der Waals surface area contributed by atoms with Gasteiger partial charge in [-0.1, -0.05) is 69.3 Å². The maximum Gasteiger partial charge on any atom is 0.340 e. The van der Waals surface area contributed by atoms with E-state index >= 15 is 0 Å². The second-order valence-corrected chi connectivity index (χ2v) is 16.7. The monoisotopic (exact) mass is 508 g/mol. The average molecular weight is 509 g/mol. The summed E-state index contributed by atoms with van der Waals surface area (Å²) >= 11 is 0. The molecule has 3 aliphatic carbocycles. The lowest BCUT2D eigenvalue weighted by atomic mass is 9.43. The fraction of sp³-hybridized carbons (Fsp3) is 0.517. The minimum atomic E-state index is -2.10. The van der Waals surface area contributed by atoms with Gasteiger partial charge >= 0.3 is 11.9 Å². The van der Waals surface area contributed by atoms with Crippen LogP contribution in [0.4, 0.5) is 0 Å². The van der Waals surface area contributed by atoms with Gasteiger partial charge in [0.25, 0.3) is 0 Å². The van der Waals surface area contributed by atoms with Crippen LogP contribution in [0.5, 0.6) is 0 Å². The van der Waals surface area contributed by atoms with Gasteiger partial charge in [-0.25, -0.2) is 9.59 Å². The molecule has 2 aromatic rings. The summed E-state index contributed by atoms with van der Waals surface area (Å²) in [5.74, 6) is -0.896. The predicted molar refractivity (Wildman–Crippen MR) is 138 cm³/mol. The number of carbonyl (C=O) groups is 2. The number of ether oxygens (including phenoxy) is 3. The van der Waals surface area contributed by atoms with Crippen molar-refractivity contribution in [3.8, 4) is 0 Å². The van der Waals surface area contributed by atoms with Gasteiger partial charge in [-0.15, -0.1) is 0 Å². The molecule has 6 rings (SSSR count). The number of hydrogen-bond donors (Lipinski definition) is 0. The van der Waals surface area contributed by atoms with E-state index in [1.54, 1.807) is 24.3 Å². The van der Waals surface area contributed by atoms with Crippen molar-refractivity contribution in [1.29, 1.82) is 0 Å². The Morgan fingerprint density at radius 2 is 1.69 bits per heavy atom. The number of fused-ring (bicyclic) bond motifs is 1. The maximum atomic E-state index is 13.5. The summed E-state index contributed by atoms with van der Waals surface area (Å²) in [5.41, 5.74) is -0.429. The van der Waals surface area contributed by atoms with Crippen LogP contribution in [0.15, 0.2) is 60.7 Å². The Bertz CT molecular complexity index is 1130. The van der Waals surface area contributed by atoms with E-state index in [9.17, 15) is 9.59 Å². The van der Waals surface area contributed by atoms with E-state index in [2.05, 4.69) is 33.9 Å². The van der Waals surface area contributed by atoms with Gasteiger partial charge < -0.3 is 18.6 Å². The molecule has 1 aliphatic heterocycles. The van der Waals surface area contributed by atoms with Crippen LogP contribution in [0.3, 0.4) is 0 Å². The Kier molecular flexibility index (Phi) is 6.17. The molecule has 192 valence electrons. The molecule has 7 heteroatoms. The molecule has 0 spiro atoms. The lowest BCUT2D eigenvalue weighted by Gasteiger charge is -2.64. The van der Waals surface area contributed by atoms with Gasteiger partial charge in [0.1, 0.15) is 12.7 Å². The molecular weight excluding hydrogens is 472 g/mol. The van der Waals surface area contributed by atoms with E-state index in [1.807, 2.05) is 36.4 Å². The van der Waals surface area contributed by atoms with Crippen LogP contribution in [0.1, 0.15) is 49.5 Å². The molecule has 6 nitrogen and oxygen atoms in total. The number of carbonyl (C=O) groups excluding carboxylic acids is 2. The summed E-state index contributed by atoms with van der Waals surface area (Å²) in [5, 5.41) is 0.0401. The van der Waals surface area contributed by atoms with E-state index < -0.39 is 31.4 Å². The minimum absolute atomic E-state index is 0.0401. The Labute approximate surface area is 214 Å². The van der Waals surface area contributed by atoms with E-state index in [0.29, 0.717) is 18.4 Å². The van der Waals surface area contributed by atoms with Crippen molar-refractivity contribution < 1.29 is 28.2 Å². The largest absolute Gasteiger partial charge is 0.461 e. The normalized spacial score (nSPS) is 30.9. The first kappa shape index (κ1) is 25.2. The standard InChI is InChI=1S/C29H36O6Si/c1-27(2,3)36(4,5)35-23-16-24-28(19-32-25(30)21-14-10-7-11-15-21)17-22(23)29(28,26(31)34-24)33-18-20-12-8-6-9-13-20/h6-15,22-24H,16-19H2,1-5H3/t22-,23-,24-,28-,29+/m1/s1. The number of rotatable bonds is 8. The molecule has 0 amide bonds. The second kappa shape index (κ2) is 8.82. The highest BCUT2D eigenvalue weighted by molar-refractivity contribution is 6.74. The molecule has 4 fully saturated rings. The first-order valence-corrected chi connectivity index (χ1v) is 15.7. The van der Waals surface area contributed by atoms with Crippen LogP contribution in [0, 0.1) is 11.3 Å². The van der Waals surface area contributed by atoms with Gasteiger partial charge in [0.15, 0.2) is 13.9 Å². The highest BCUT2D eigenvalue weighted by atomic mass is 28.4. The average Bonchev–Trinajstić information content (AvgIpc) is 2.93. The van der Waals surface area contributed by atoms with Gasteiger partial charge in [-0.3, -0.25) is 0 Å². The Morgan fingerprint density at radius 1 is 1.06 bits per heavy atom. The quantitative estimate of drug-likeness (QED) is 0.345. The fourth-order valence-corrected chi connectivity index (χ4v) is 7.27. The zero-order valence-corrected chi connectivity index (χ0v) is 22.8. The van der Waals surface area contributed by atoms with Crippen molar-refractivity contribution in [2.45, 2.75) is 76.2 Å². The zero-order valence-electron chi connectivity index (χ0n) is 21.8. The van der Waals surface area contributed by atoms with Crippen LogP contribution in [0.25, 0.3) is 0 Å². The third-order valence-electron chi connectivity index (χ3n) is 8.94. The molecule has 4 bridgehead atoms. The van der Waals surface area contributed by atoms with E-state index in [4.69, 9.17) is 18.6 Å². The lowest BCUT2D eigenvalue weighted by molar-refractivity contribution is -0.282.